The molecule has 4 atom stereocenters. The van der Waals surface area contributed by atoms with Crippen molar-refractivity contribution in [2.24, 2.45) is 11.7 Å². The molecule has 3 aliphatic rings. The van der Waals surface area contributed by atoms with Crippen molar-refractivity contribution in [2.75, 3.05) is 20.7 Å². The molecule has 1 unspecified atom stereocenters. The van der Waals surface area contributed by atoms with Gasteiger partial charge in [-0.2, -0.15) is 0 Å². The van der Waals surface area contributed by atoms with Gasteiger partial charge in [0.15, 0.2) is 0 Å². The van der Waals surface area contributed by atoms with Gasteiger partial charge in [0.25, 0.3) is 0 Å². The van der Waals surface area contributed by atoms with Gasteiger partial charge in [-0.05, 0) is 68.5 Å². The summed E-state index contributed by atoms with van der Waals surface area (Å²) in [5, 5.41) is 16.0. The Morgan fingerprint density at radius 3 is 2.69 bits per heavy atom. The fourth-order valence-corrected chi connectivity index (χ4v) is 5.58. The minimum Gasteiger partial charge on any atom is -0.497 e. The molecule has 1 aromatic rings. The highest BCUT2D eigenvalue weighted by Gasteiger charge is 2.53. The first kappa shape index (κ1) is 21.6. The monoisotopic (exact) mass is 404 g/mol. The molecule has 160 valence electrons. The number of aliphatic carboxylic acids is 2. The summed E-state index contributed by atoms with van der Waals surface area (Å²) in [5.41, 5.74) is 8.51. The summed E-state index contributed by atoms with van der Waals surface area (Å²) in [7, 11) is 4.12. The lowest BCUT2D eigenvalue weighted by atomic mass is 9.52. The van der Waals surface area contributed by atoms with Gasteiger partial charge in [0.2, 0.25) is 0 Å². The highest BCUT2D eigenvalue weighted by Crippen LogP contribution is 2.55. The van der Waals surface area contributed by atoms with Crippen molar-refractivity contribution in [3.8, 4) is 5.75 Å². The molecular weight excluding hydrogens is 372 g/mol. The number of nitrogens with zero attached hydrogens (tertiary/aromatic N) is 1. The summed E-state index contributed by atoms with van der Waals surface area (Å²) >= 11 is 0. The Labute approximate surface area is 171 Å². The van der Waals surface area contributed by atoms with Crippen LogP contribution >= 0.6 is 0 Å². The molecule has 4 N–H and O–H groups in total. The number of carboxylic acids is 2. The van der Waals surface area contributed by atoms with Gasteiger partial charge in [0.05, 0.1) is 13.5 Å². The number of fused-ring (bicyclic) bond motifs is 1. The molecule has 29 heavy (non-hydrogen) atoms. The van der Waals surface area contributed by atoms with E-state index >= 15 is 0 Å². The predicted molar refractivity (Wildman–Crippen MR) is 109 cm³/mol. The number of hydrogen-bond acceptors (Lipinski definition) is 5. The largest absolute Gasteiger partial charge is 0.497 e. The zero-order valence-corrected chi connectivity index (χ0v) is 17.3. The Kier molecular flexibility index (Phi) is 6.49. The molecule has 1 saturated carbocycles. The summed E-state index contributed by atoms with van der Waals surface area (Å²) in [6, 6.07) is 6.31. The van der Waals surface area contributed by atoms with Crippen LogP contribution in [0.15, 0.2) is 18.2 Å². The van der Waals surface area contributed by atoms with Gasteiger partial charge in [-0.25, -0.2) is 0 Å². The van der Waals surface area contributed by atoms with Crippen molar-refractivity contribution >= 4 is 11.9 Å². The standard InChI is InChI=1S/C18H25NO.C4H7NO4/c1-19-10-9-18-8-4-3-5-15(18)17(19)11-13-6-7-14(20-2)12-16(13)18;5-2(4(8)9)1-3(6)7/h6-7,12,15,17H,3-5,8-11H2,1-2H3;2H,1,5H2,(H,6,7)(H,8,9)/t15-,17+,18+;/m1./s1. The number of nitrogens with two attached hydrogens (primary N) is 1. The van der Waals surface area contributed by atoms with Crippen LogP contribution in [0.4, 0.5) is 0 Å². The van der Waals surface area contributed by atoms with Gasteiger partial charge in [0.1, 0.15) is 11.8 Å². The van der Waals surface area contributed by atoms with E-state index in [4.69, 9.17) is 20.7 Å². The van der Waals surface area contributed by atoms with Crippen molar-refractivity contribution in [3.05, 3.63) is 29.3 Å². The highest BCUT2D eigenvalue weighted by atomic mass is 16.5. The van der Waals surface area contributed by atoms with E-state index in [1.54, 1.807) is 18.2 Å². The topological polar surface area (TPSA) is 113 Å². The molecule has 1 aliphatic heterocycles. The van der Waals surface area contributed by atoms with Crippen molar-refractivity contribution in [1.29, 1.82) is 0 Å². The summed E-state index contributed by atoms with van der Waals surface area (Å²) in [6.45, 7) is 1.26. The minimum absolute atomic E-state index is 0.456. The third kappa shape index (κ3) is 4.26. The molecule has 1 aromatic carbocycles. The van der Waals surface area contributed by atoms with E-state index in [9.17, 15) is 9.59 Å². The molecule has 4 rings (SSSR count). The number of hydrogen-bond donors (Lipinski definition) is 3. The number of carbonyl (C=O) groups is 2. The second-order valence-corrected chi connectivity index (χ2v) is 8.58. The van der Waals surface area contributed by atoms with Gasteiger partial charge in [-0.15, -0.1) is 0 Å². The maximum atomic E-state index is 9.85. The van der Waals surface area contributed by atoms with Crippen LogP contribution in [0, 0.1) is 5.92 Å². The van der Waals surface area contributed by atoms with Gasteiger partial charge in [-0.3, -0.25) is 9.59 Å². The second-order valence-electron chi connectivity index (χ2n) is 8.58. The average molecular weight is 405 g/mol. The molecule has 1 saturated heterocycles. The zero-order valence-electron chi connectivity index (χ0n) is 17.3. The number of carboxylic acid groups (broad SMARTS) is 2. The lowest BCUT2D eigenvalue weighted by Gasteiger charge is -2.58. The molecule has 0 spiro atoms. The Balaban J connectivity index is 0.000000229. The first-order valence-electron chi connectivity index (χ1n) is 10.4. The average Bonchev–Trinajstić information content (AvgIpc) is 2.70. The molecular formula is C22H32N2O5. The van der Waals surface area contributed by atoms with E-state index in [0.717, 1.165) is 17.7 Å². The van der Waals surface area contributed by atoms with Crippen molar-refractivity contribution in [2.45, 2.75) is 62.4 Å². The molecule has 1 heterocycles. The fourth-order valence-electron chi connectivity index (χ4n) is 5.58. The summed E-state index contributed by atoms with van der Waals surface area (Å²) < 4.78 is 5.51. The van der Waals surface area contributed by atoms with E-state index in [0.29, 0.717) is 5.41 Å². The number of ether oxygens (including phenoxy) is 1. The van der Waals surface area contributed by atoms with Crippen LogP contribution in [-0.4, -0.2) is 59.8 Å². The lowest BCUT2D eigenvalue weighted by molar-refractivity contribution is -0.144. The second kappa shape index (κ2) is 8.71. The van der Waals surface area contributed by atoms with E-state index < -0.39 is 24.4 Å². The molecule has 0 radical (unpaired) electrons. The molecule has 2 aliphatic carbocycles. The Morgan fingerprint density at radius 1 is 1.31 bits per heavy atom. The van der Waals surface area contributed by atoms with E-state index in [-0.39, 0.29) is 0 Å². The van der Waals surface area contributed by atoms with E-state index in [1.807, 2.05) is 0 Å². The third-order valence-corrected chi connectivity index (χ3v) is 7.03. The maximum absolute atomic E-state index is 9.85. The number of benzene rings is 1. The van der Waals surface area contributed by atoms with Gasteiger partial charge in [-0.1, -0.05) is 18.9 Å². The number of piperidine rings is 1. The SMILES string of the molecule is COc1ccc2c(c1)[C@]13CCCC[C@@H]1[C@H](C2)N(C)CC3.NC(CC(=O)O)C(=O)O. The number of methoxy groups -OCH3 is 1. The first-order chi connectivity index (χ1) is 13.8. The van der Waals surface area contributed by atoms with Crippen LogP contribution in [0.3, 0.4) is 0 Å². The Hall–Kier alpha value is -2.12. The number of rotatable bonds is 4. The first-order valence-corrected chi connectivity index (χ1v) is 10.4. The van der Waals surface area contributed by atoms with Crippen LogP contribution in [0.2, 0.25) is 0 Å². The molecule has 7 heteroatoms. The lowest BCUT2D eigenvalue weighted by Crippen LogP contribution is -2.59. The predicted octanol–water partition coefficient (Wildman–Crippen LogP) is 2.26. The Morgan fingerprint density at radius 2 is 2.07 bits per heavy atom. The zero-order chi connectivity index (χ0) is 21.2. The van der Waals surface area contributed by atoms with Crippen LogP contribution in [0.5, 0.6) is 5.75 Å². The van der Waals surface area contributed by atoms with Crippen LogP contribution < -0.4 is 10.5 Å². The normalized spacial score (nSPS) is 28.8. The van der Waals surface area contributed by atoms with Crippen molar-refractivity contribution in [1.82, 2.24) is 4.90 Å². The maximum Gasteiger partial charge on any atom is 0.321 e. The molecule has 2 fully saturated rings. The molecule has 2 bridgehead atoms. The summed E-state index contributed by atoms with van der Waals surface area (Å²) in [6.07, 6.45) is 7.69. The van der Waals surface area contributed by atoms with Crippen molar-refractivity contribution in [3.63, 3.8) is 0 Å². The molecule has 0 aromatic heterocycles. The quantitative estimate of drug-likeness (QED) is 0.705. The van der Waals surface area contributed by atoms with E-state index in [1.165, 1.54) is 45.1 Å². The smallest absolute Gasteiger partial charge is 0.321 e. The number of likely N-dealkylation sites (N-methyl/N-ethyl adjacent to an activating group) is 1. The van der Waals surface area contributed by atoms with Gasteiger partial charge < -0.3 is 25.6 Å². The summed E-state index contributed by atoms with van der Waals surface area (Å²) in [5.74, 6) is -0.586. The van der Waals surface area contributed by atoms with E-state index in [2.05, 4.69) is 30.1 Å². The van der Waals surface area contributed by atoms with Crippen LogP contribution in [0.1, 0.15) is 49.7 Å². The highest BCUT2D eigenvalue weighted by molar-refractivity contribution is 5.80. The number of likely N-dealkylation sites (tertiary alicyclic amines) is 1. The minimum atomic E-state index is -1.29. The third-order valence-electron chi connectivity index (χ3n) is 7.03. The van der Waals surface area contributed by atoms with Gasteiger partial charge in [0, 0.05) is 11.5 Å². The molecule has 0 amide bonds. The summed E-state index contributed by atoms with van der Waals surface area (Å²) in [4.78, 5) is 22.2. The van der Waals surface area contributed by atoms with Gasteiger partial charge >= 0.3 is 11.9 Å². The van der Waals surface area contributed by atoms with Crippen molar-refractivity contribution < 1.29 is 24.5 Å². The Bertz CT molecular complexity index is 768. The van der Waals surface area contributed by atoms with Crippen LogP contribution in [0.25, 0.3) is 0 Å². The fraction of sp³-hybridized carbons (Fsp3) is 0.636. The molecule has 7 nitrogen and oxygen atoms in total. The van der Waals surface area contributed by atoms with Crippen LogP contribution in [-0.2, 0) is 21.4 Å².